The van der Waals surface area contributed by atoms with Gasteiger partial charge in [-0.2, -0.15) is 0 Å². The van der Waals surface area contributed by atoms with Gasteiger partial charge in [0.25, 0.3) is 11.8 Å². The van der Waals surface area contributed by atoms with E-state index < -0.39 is 54.3 Å². The molecule has 0 saturated carbocycles. The van der Waals surface area contributed by atoms with Gasteiger partial charge in [-0.3, -0.25) is 9.59 Å². The van der Waals surface area contributed by atoms with E-state index in [2.05, 4.69) is 31.2 Å². The number of benzene rings is 4. The summed E-state index contributed by atoms with van der Waals surface area (Å²) in [7, 11) is 2.96. The fourth-order valence-corrected chi connectivity index (χ4v) is 8.44. The molecule has 2 aromatic heterocycles. The van der Waals surface area contributed by atoms with E-state index in [1.807, 2.05) is 60.7 Å². The van der Waals surface area contributed by atoms with Gasteiger partial charge in [-0.25, -0.2) is 19.6 Å². The van der Waals surface area contributed by atoms with Gasteiger partial charge >= 0.3 is 12.1 Å². The van der Waals surface area contributed by atoms with Gasteiger partial charge in [-0.15, -0.1) is 0 Å². The number of hydrogen-bond acceptors (Lipinski definition) is 8. The van der Waals surface area contributed by atoms with Crippen LogP contribution in [0.3, 0.4) is 0 Å². The number of nitrogens with zero attached hydrogens (tertiary/aromatic N) is 4. The number of aliphatic hydroxyl groups is 2. The number of aliphatic hydroxyl groups excluding tert-OH is 2. The SMILES string of the molecule is CNC(=O)N[C@@H](C(=O)N1C[C@H](O)C[C@H]1c1ncc(-c2cccc(-c3ccccc3)c2-c2cnc([C@@H]3C[C@@H](O)CN3C(=O)[C@H](NC(=O)NC)c3ccccc3)[nH]2)[nH]1)c1ccccc1. The molecule has 2 fully saturated rings. The fourth-order valence-electron chi connectivity index (χ4n) is 8.44. The maximum atomic E-state index is 14.3. The molecule has 0 aliphatic carbocycles. The van der Waals surface area contributed by atoms with E-state index >= 15 is 0 Å². The first-order valence-corrected chi connectivity index (χ1v) is 20.5. The lowest BCUT2D eigenvalue weighted by molar-refractivity contribution is -0.135. The van der Waals surface area contributed by atoms with Crippen LogP contribution in [0.4, 0.5) is 9.59 Å². The second kappa shape index (κ2) is 18.1. The number of carbonyl (C=O) groups excluding carboxylic acids is 4. The van der Waals surface area contributed by atoms with E-state index in [0.717, 1.165) is 22.3 Å². The number of rotatable bonds is 11. The van der Waals surface area contributed by atoms with Gasteiger partial charge in [-0.1, -0.05) is 109 Å². The molecule has 0 bridgehead atoms. The van der Waals surface area contributed by atoms with Gasteiger partial charge in [0, 0.05) is 51.2 Å². The Bertz CT molecular complexity index is 2530. The molecule has 6 aromatic rings. The van der Waals surface area contributed by atoms with Crippen molar-refractivity contribution in [1.82, 2.24) is 51.0 Å². The molecule has 2 saturated heterocycles. The number of carbonyl (C=O) groups is 4. The van der Waals surface area contributed by atoms with Crippen molar-refractivity contribution in [1.29, 1.82) is 0 Å². The zero-order valence-electron chi connectivity index (χ0n) is 34.2. The minimum Gasteiger partial charge on any atom is -0.391 e. The highest BCUT2D eigenvalue weighted by Crippen LogP contribution is 2.42. The Morgan fingerprint density at radius 3 is 1.52 bits per heavy atom. The number of hydrogen-bond donors (Lipinski definition) is 8. The Balaban J connectivity index is 1.14. The molecule has 0 unspecified atom stereocenters. The topological polar surface area (TPSA) is 221 Å². The van der Waals surface area contributed by atoms with E-state index in [1.165, 1.54) is 14.1 Å². The summed E-state index contributed by atoms with van der Waals surface area (Å²) < 4.78 is 0. The maximum absolute atomic E-state index is 14.3. The molecule has 6 amide bonds. The Kier molecular flexibility index (Phi) is 12.1. The van der Waals surface area contributed by atoms with E-state index in [1.54, 1.807) is 70.7 Å². The minimum atomic E-state index is -1.01. The molecule has 0 spiro atoms. The maximum Gasteiger partial charge on any atom is 0.315 e. The monoisotopic (exact) mass is 836 g/mol. The van der Waals surface area contributed by atoms with Gasteiger partial charge in [0.05, 0.1) is 48.1 Å². The standard InChI is InChI=1S/C46H48N10O6/c1-47-45(61)53-39(28-15-8-4-9-16-28)43(59)55-25-30(57)21-36(55)41-49-23-34(51-41)33-20-12-19-32(27-13-6-3-7-14-27)38(33)35-24-50-42(52-35)37-22-31(58)26-56(37)44(60)40(54-46(62)48-2)29-17-10-5-11-18-29/h3-20,23-24,30-31,36-37,39-40,57-58H,21-22,25-26H2,1-2H3,(H,49,51)(H,50,52)(H2,47,53,61)(H2,48,54,62)/t30-,31-,36+,37+,39-,40-/m1/s1. The number of urea groups is 2. The van der Waals surface area contributed by atoms with Crippen LogP contribution in [-0.2, 0) is 9.59 Å². The third-order valence-electron chi connectivity index (χ3n) is 11.4. The molecule has 2 aliphatic heterocycles. The summed E-state index contributed by atoms with van der Waals surface area (Å²) in [6, 6.07) is 29.4. The van der Waals surface area contributed by atoms with Crippen LogP contribution in [0.25, 0.3) is 33.6 Å². The lowest BCUT2D eigenvalue weighted by Crippen LogP contribution is -2.45. The third kappa shape index (κ3) is 8.50. The van der Waals surface area contributed by atoms with Crippen molar-refractivity contribution in [2.24, 2.45) is 0 Å². The van der Waals surface area contributed by atoms with E-state index in [-0.39, 0.29) is 31.8 Å². The molecule has 16 heteroatoms. The van der Waals surface area contributed by atoms with E-state index in [4.69, 9.17) is 9.97 Å². The Labute approximate surface area is 357 Å². The molecule has 8 rings (SSSR count). The van der Waals surface area contributed by atoms with Gasteiger partial charge in [0.1, 0.15) is 23.7 Å². The molecule has 2 aliphatic rings. The zero-order valence-corrected chi connectivity index (χ0v) is 34.2. The van der Waals surface area contributed by atoms with Crippen LogP contribution in [0.2, 0.25) is 0 Å². The van der Waals surface area contributed by atoms with Crippen molar-refractivity contribution < 1.29 is 29.4 Å². The summed E-state index contributed by atoms with van der Waals surface area (Å²) >= 11 is 0. The quantitative estimate of drug-likeness (QED) is 0.0909. The van der Waals surface area contributed by atoms with Crippen LogP contribution < -0.4 is 21.3 Å². The van der Waals surface area contributed by atoms with Gasteiger partial charge < -0.3 is 51.2 Å². The summed E-state index contributed by atoms with van der Waals surface area (Å²) in [6.07, 6.45) is 2.21. The van der Waals surface area contributed by atoms with Gasteiger partial charge in [0.15, 0.2) is 0 Å². The number of amides is 6. The molecule has 62 heavy (non-hydrogen) atoms. The molecule has 4 aromatic carbocycles. The van der Waals surface area contributed by atoms with Crippen LogP contribution in [0.15, 0.2) is 122 Å². The van der Waals surface area contributed by atoms with Crippen LogP contribution in [0.5, 0.6) is 0 Å². The van der Waals surface area contributed by atoms with Crippen molar-refractivity contribution in [3.63, 3.8) is 0 Å². The van der Waals surface area contributed by atoms with Crippen molar-refractivity contribution in [2.75, 3.05) is 27.2 Å². The summed E-state index contributed by atoms with van der Waals surface area (Å²) in [5, 5.41) is 32.5. The molecule has 4 heterocycles. The molecular formula is C46H48N10O6. The van der Waals surface area contributed by atoms with Crippen molar-refractivity contribution in [3.05, 3.63) is 144 Å². The molecule has 0 radical (unpaired) electrons. The van der Waals surface area contributed by atoms with Crippen LogP contribution in [0, 0.1) is 0 Å². The first-order valence-electron chi connectivity index (χ1n) is 20.5. The summed E-state index contributed by atoms with van der Waals surface area (Å²) in [5.41, 5.74) is 5.83. The molecule has 6 atom stereocenters. The summed E-state index contributed by atoms with van der Waals surface area (Å²) in [4.78, 5) is 73.3. The predicted octanol–water partition coefficient (Wildman–Crippen LogP) is 4.74. The second-order valence-electron chi connectivity index (χ2n) is 15.4. The first-order chi connectivity index (χ1) is 30.1. The van der Waals surface area contributed by atoms with Crippen molar-refractivity contribution in [3.8, 4) is 33.6 Å². The van der Waals surface area contributed by atoms with Crippen LogP contribution >= 0.6 is 0 Å². The molecular weight excluding hydrogens is 789 g/mol. The number of β-amino-alcohol motifs (C(OH)–C–C–N with tert-alkyl or cyclic N) is 2. The third-order valence-corrected chi connectivity index (χ3v) is 11.4. The number of likely N-dealkylation sites (tertiary alicyclic amines) is 2. The number of aromatic amines is 2. The minimum absolute atomic E-state index is 0.0460. The average molecular weight is 837 g/mol. The lowest BCUT2D eigenvalue weighted by Gasteiger charge is -2.28. The van der Waals surface area contributed by atoms with Crippen molar-refractivity contribution >= 4 is 23.9 Å². The average Bonchev–Trinajstić information content (AvgIpc) is 4.14. The highest BCUT2D eigenvalue weighted by atomic mass is 16.3. The van der Waals surface area contributed by atoms with Crippen molar-refractivity contribution in [2.45, 2.75) is 49.2 Å². The predicted molar refractivity (Wildman–Crippen MR) is 231 cm³/mol. The zero-order chi connectivity index (χ0) is 43.3. The summed E-state index contributed by atoms with van der Waals surface area (Å²) in [6.45, 7) is 0.0949. The number of imidazole rings is 2. The first kappa shape index (κ1) is 41.4. The van der Waals surface area contributed by atoms with Crippen LogP contribution in [-0.4, -0.2) is 103 Å². The normalized spacial score (nSPS) is 19.4. The van der Waals surface area contributed by atoms with E-state index in [0.29, 0.717) is 34.2 Å². The summed E-state index contributed by atoms with van der Waals surface area (Å²) in [5.74, 6) is 0.146. The highest BCUT2D eigenvalue weighted by molar-refractivity contribution is 5.93. The van der Waals surface area contributed by atoms with Gasteiger partial charge in [-0.05, 0) is 22.3 Å². The Hall–Kier alpha value is -7.30. The van der Waals surface area contributed by atoms with E-state index in [9.17, 15) is 29.4 Å². The second-order valence-corrected chi connectivity index (χ2v) is 15.4. The number of aromatic nitrogens is 4. The molecule has 318 valence electrons. The van der Waals surface area contributed by atoms with Crippen LogP contribution in [0.1, 0.15) is 59.8 Å². The molecule has 16 nitrogen and oxygen atoms in total. The largest absolute Gasteiger partial charge is 0.391 e. The Morgan fingerprint density at radius 1 is 0.597 bits per heavy atom. The number of nitrogens with one attached hydrogen (secondary N) is 6. The smallest absolute Gasteiger partial charge is 0.315 e. The molecule has 8 N–H and O–H groups in total. The lowest BCUT2D eigenvalue weighted by atomic mass is 9.92. The Morgan fingerprint density at radius 2 is 1.03 bits per heavy atom. The fraction of sp³-hybridized carbons (Fsp3) is 0.261. The number of H-pyrrole nitrogens is 2. The van der Waals surface area contributed by atoms with Gasteiger partial charge in [0.2, 0.25) is 0 Å². The highest BCUT2D eigenvalue weighted by Gasteiger charge is 2.42.